The summed E-state index contributed by atoms with van der Waals surface area (Å²) >= 11 is 0. The zero-order valence-corrected chi connectivity index (χ0v) is 13.3. The van der Waals surface area contributed by atoms with Crippen molar-refractivity contribution in [2.75, 3.05) is 5.75 Å². The lowest BCUT2D eigenvalue weighted by Gasteiger charge is -2.26. The molecule has 6 nitrogen and oxygen atoms in total. The van der Waals surface area contributed by atoms with Crippen LogP contribution >= 0.6 is 0 Å². The molecule has 0 spiro atoms. The lowest BCUT2D eigenvalue weighted by molar-refractivity contribution is 0.0930. The summed E-state index contributed by atoms with van der Waals surface area (Å²) in [7, 11) is -3.29. The van der Waals surface area contributed by atoms with E-state index < -0.39 is 9.84 Å². The van der Waals surface area contributed by atoms with E-state index in [0.717, 1.165) is 0 Å². The average molecular weight is 332 g/mol. The maximum atomic E-state index is 12.3. The Labute approximate surface area is 133 Å². The van der Waals surface area contributed by atoms with Gasteiger partial charge in [-0.3, -0.25) is 9.59 Å². The molecule has 1 amide bonds. The first kappa shape index (κ1) is 15.5. The van der Waals surface area contributed by atoms with Crippen LogP contribution in [0.4, 0.5) is 0 Å². The smallest absolute Gasteiger partial charge is 0.268 e. The van der Waals surface area contributed by atoms with Crippen molar-refractivity contribution in [1.82, 2.24) is 10.3 Å². The summed E-state index contributed by atoms with van der Waals surface area (Å²) in [5, 5.41) is 2.84. The number of H-pyrrole nitrogens is 1. The third-order valence-electron chi connectivity index (χ3n) is 3.94. The molecule has 0 radical (unpaired) electrons. The Bertz CT molecular complexity index is 883. The molecule has 23 heavy (non-hydrogen) atoms. The number of carbonyl (C=O) groups is 2. The average Bonchev–Trinajstić information content (AvgIpc) is 3.01. The van der Waals surface area contributed by atoms with Gasteiger partial charge in [-0.15, -0.1) is 0 Å². The van der Waals surface area contributed by atoms with E-state index in [9.17, 15) is 18.0 Å². The van der Waals surface area contributed by atoms with Crippen LogP contribution in [0.2, 0.25) is 0 Å². The SMILES string of the molecule is CC(=O)c1c[nH]c(C(=O)N[C@@H]2CCS(=O)(=O)c3ccccc32)c1. The van der Waals surface area contributed by atoms with Crippen molar-refractivity contribution in [2.24, 2.45) is 0 Å². The van der Waals surface area contributed by atoms with Crippen LogP contribution in [0.25, 0.3) is 0 Å². The minimum Gasteiger partial charge on any atom is -0.356 e. The maximum Gasteiger partial charge on any atom is 0.268 e. The number of amides is 1. The number of aromatic amines is 1. The zero-order chi connectivity index (χ0) is 16.6. The van der Waals surface area contributed by atoms with Crippen molar-refractivity contribution in [3.05, 3.63) is 53.3 Å². The molecule has 1 atom stereocenters. The highest BCUT2D eigenvalue weighted by Gasteiger charge is 2.31. The van der Waals surface area contributed by atoms with E-state index in [4.69, 9.17) is 0 Å². The Balaban J connectivity index is 1.86. The lowest BCUT2D eigenvalue weighted by atomic mass is 10.0. The minimum atomic E-state index is -3.29. The van der Waals surface area contributed by atoms with E-state index in [2.05, 4.69) is 10.3 Å². The van der Waals surface area contributed by atoms with Gasteiger partial charge in [-0.2, -0.15) is 0 Å². The van der Waals surface area contributed by atoms with Crippen LogP contribution in [-0.2, 0) is 9.84 Å². The van der Waals surface area contributed by atoms with Crippen LogP contribution in [0.5, 0.6) is 0 Å². The van der Waals surface area contributed by atoms with E-state index in [1.807, 2.05) is 0 Å². The van der Waals surface area contributed by atoms with E-state index in [0.29, 0.717) is 17.5 Å². The lowest BCUT2D eigenvalue weighted by Crippen LogP contribution is -2.34. The van der Waals surface area contributed by atoms with Crippen molar-refractivity contribution in [3.8, 4) is 0 Å². The molecule has 1 aromatic heterocycles. The van der Waals surface area contributed by atoms with Gasteiger partial charge in [0, 0.05) is 11.8 Å². The summed E-state index contributed by atoms with van der Waals surface area (Å²) < 4.78 is 24.2. The quantitative estimate of drug-likeness (QED) is 0.839. The molecule has 0 unspecified atom stereocenters. The molecule has 2 aromatic rings. The fraction of sp³-hybridized carbons (Fsp3) is 0.250. The number of nitrogens with one attached hydrogen (secondary N) is 2. The van der Waals surface area contributed by atoms with Gasteiger partial charge in [0.2, 0.25) is 0 Å². The molecule has 0 bridgehead atoms. The first-order valence-corrected chi connectivity index (χ1v) is 8.85. The Kier molecular flexibility index (Phi) is 3.81. The van der Waals surface area contributed by atoms with Crippen molar-refractivity contribution < 1.29 is 18.0 Å². The summed E-state index contributed by atoms with van der Waals surface area (Å²) in [6, 6.07) is 7.82. The Hall–Kier alpha value is -2.41. The summed E-state index contributed by atoms with van der Waals surface area (Å²) in [6.45, 7) is 1.42. The molecule has 2 heterocycles. The van der Waals surface area contributed by atoms with Crippen LogP contribution in [-0.4, -0.2) is 30.8 Å². The minimum absolute atomic E-state index is 0.00161. The van der Waals surface area contributed by atoms with Crippen LogP contribution in [0.15, 0.2) is 41.4 Å². The summed E-state index contributed by atoms with van der Waals surface area (Å²) in [6.07, 6.45) is 1.81. The van der Waals surface area contributed by atoms with E-state index in [-0.39, 0.29) is 34.1 Å². The largest absolute Gasteiger partial charge is 0.356 e. The molecule has 1 aliphatic rings. The second-order valence-electron chi connectivity index (χ2n) is 5.53. The molecule has 120 valence electrons. The maximum absolute atomic E-state index is 12.3. The Morgan fingerprint density at radius 2 is 2.00 bits per heavy atom. The van der Waals surface area contributed by atoms with Crippen LogP contribution in [0.3, 0.4) is 0 Å². The number of ketones is 1. The molecule has 2 N–H and O–H groups in total. The van der Waals surface area contributed by atoms with Crippen molar-refractivity contribution in [3.63, 3.8) is 0 Å². The first-order chi connectivity index (χ1) is 10.9. The van der Waals surface area contributed by atoms with E-state index in [1.54, 1.807) is 24.3 Å². The van der Waals surface area contributed by atoms with Gasteiger partial charge >= 0.3 is 0 Å². The number of aromatic nitrogens is 1. The van der Waals surface area contributed by atoms with Gasteiger partial charge < -0.3 is 10.3 Å². The van der Waals surface area contributed by atoms with Crippen LogP contribution in [0, 0.1) is 0 Å². The summed E-state index contributed by atoms with van der Waals surface area (Å²) in [5.41, 5.74) is 1.31. The van der Waals surface area contributed by atoms with Gasteiger partial charge in [0.25, 0.3) is 5.91 Å². The standard InChI is InChI=1S/C16H16N2O4S/c1-10(19)11-8-14(17-9-11)16(20)18-13-6-7-23(21,22)15-5-3-2-4-12(13)15/h2-5,8-9,13,17H,6-7H2,1H3,(H,18,20)/t13-/m1/s1. The van der Waals surface area contributed by atoms with E-state index >= 15 is 0 Å². The highest BCUT2D eigenvalue weighted by molar-refractivity contribution is 7.91. The number of hydrogen-bond acceptors (Lipinski definition) is 4. The summed E-state index contributed by atoms with van der Waals surface area (Å²) in [5.74, 6) is -0.496. The molecule has 0 saturated carbocycles. The Morgan fingerprint density at radius 3 is 2.70 bits per heavy atom. The number of fused-ring (bicyclic) bond motifs is 1. The topological polar surface area (TPSA) is 96.1 Å². The van der Waals surface area contributed by atoms with Gasteiger partial charge in [0.05, 0.1) is 16.7 Å². The normalized spacial score (nSPS) is 18.9. The third-order valence-corrected chi connectivity index (χ3v) is 5.76. The molecule has 3 rings (SSSR count). The first-order valence-electron chi connectivity index (χ1n) is 7.20. The highest BCUT2D eigenvalue weighted by atomic mass is 32.2. The van der Waals surface area contributed by atoms with Crippen molar-refractivity contribution in [2.45, 2.75) is 24.3 Å². The fourth-order valence-electron chi connectivity index (χ4n) is 2.70. The predicted octanol–water partition coefficient (Wildman–Crippen LogP) is 1.87. The molecule has 0 aliphatic carbocycles. The molecular weight excluding hydrogens is 316 g/mol. The van der Waals surface area contributed by atoms with Crippen LogP contribution < -0.4 is 5.32 Å². The van der Waals surface area contributed by atoms with Gasteiger partial charge in [-0.25, -0.2) is 8.42 Å². The molecule has 1 aliphatic heterocycles. The second-order valence-corrected chi connectivity index (χ2v) is 7.61. The van der Waals surface area contributed by atoms with Gasteiger partial charge in [0.1, 0.15) is 5.69 Å². The molecule has 0 saturated heterocycles. The monoisotopic (exact) mass is 332 g/mol. The molecule has 7 heteroatoms. The number of benzene rings is 1. The second kappa shape index (κ2) is 5.66. The van der Waals surface area contributed by atoms with E-state index in [1.165, 1.54) is 19.2 Å². The van der Waals surface area contributed by atoms with Gasteiger partial charge in [-0.05, 0) is 31.0 Å². The number of Topliss-reactive ketones (excluding diaryl/α,β-unsaturated/α-hetero) is 1. The Morgan fingerprint density at radius 1 is 1.26 bits per heavy atom. The van der Waals surface area contributed by atoms with Gasteiger partial charge in [-0.1, -0.05) is 18.2 Å². The number of rotatable bonds is 3. The zero-order valence-electron chi connectivity index (χ0n) is 12.5. The number of sulfone groups is 1. The third kappa shape index (κ3) is 2.92. The predicted molar refractivity (Wildman–Crippen MR) is 84.1 cm³/mol. The summed E-state index contributed by atoms with van der Waals surface area (Å²) in [4.78, 5) is 26.6. The number of hydrogen-bond donors (Lipinski definition) is 2. The number of carbonyl (C=O) groups excluding carboxylic acids is 2. The molecule has 0 fully saturated rings. The van der Waals surface area contributed by atoms with Gasteiger partial charge in [0.15, 0.2) is 15.6 Å². The van der Waals surface area contributed by atoms with Crippen molar-refractivity contribution in [1.29, 1.82) is 0 Å². The molecule has 1 aromatic carbocycles. The highest BCUT2D eigenvalue weighted by Crippen LogP contribution is 2.32. The molecular formula is C16H16N2O4S. The van der Waals surface area contributed by atoms with Crippen LogP contribution in [0.1, 0.15) is 45.8 Å². The van der Waals surface area contributed by atoms with Crippen molar-refractivity contribution >= 4 is 21.5 Å². The fourth-order valence-corrected chi connectivity index (χ4v) is 4.33.